The van der Waals surface area contributed by atoms with Gasteiger partial charge in [0.15, 0.2) is 0 Å². The zero-order valence-corrected chi connectivity index (χ0v) is 12.9. The van der Waals surface area contributed by atoms with E-state index in [0.717, 1.165) is 31.4 Å². The van der Waals surface area contributed by atoms with Gasteiger partial charge in [0.1, 0.15) is 5.75 Å². The molecule has 4 nitrogen and oxygen atoms in total. The maximum absolute atomic E-state index is 12.4. The van der Waals surface area contributed by atoms with Gasteiger partial charge in [-0.15, -0.1) is 0 Å². The fourth-order valence-corrected chi connectivity index (χ4v) is 2.79. The third-order valence-electron chi connectivity index (χ3n) is 3.84. The Hall–Kier alpha value is -1.55. The molecule has 0 bridgehead atoms. The molecule has 1 N–H and O–H groups in total. The van der Waals surface area contributed by atoms with E-state index < -0.39 is 0 Å². The van der Waals surface area contributed by atoms with Gasteiger partial charge in [0.2, 0.25) is 5.91 Å². The lowest BCUT2D eigenvalue weighted by Crippen LogP contribution is -2.30. The van der Waals surface area contributed by atoms with Crippen LogP contribution in [0.15, 0.2) is 24.3 Å². The Labute approximate surface area is 126 Å². The van der Waals surface area contributed by atoms with Gasteiger partial charge in [-0.05, 0) is 50.8 Å². The number of phenols is 1. The zero-order valence-electron chi connectivity index (χ0n) is 12.9. The minimum Gasteiger partial charge on any atom is -0.508 e. The third-order valence-corrected chi connectivity index (χ3v) is 3.84. The molecular formula is C17H25NO3. The molecule has 116 valence electrons. The standard InChI is InChI=1S/C17H25NO3/c1-13(2)21-12-4-6-17(20)18-11-3-5-16(18)14-7-9-15(19)10-8-14/h7-10,13,16,19H,3-6,11-12H2,1-2H3/t16-/m0/s1. The summed E-state index contributed by atoms with van der Waals surface area (Å²) in [6.45, 7) is 5.48. The summed E-state index contributed by atoms with van der Waals surface area (Å²) in [5, 5.41) is 9.37. The largest absolute Gasteiger partial charge is 0.508 e. The summed E-state index contributed by atoms with van der Waals surface area (Å²) < 4.78 is 5.48. The lowest BCUT2D eigenvalue weighted by Gasteiger charge is -2.25. The molecule has 4 heteroatoms. The summed E-state index contributed by atoms with van der Waals surface area (Å²) in [7, 11) is 0. The number of nitrogens with zero attached hydrogens (tertiary/aromatic N) is 1. The molecule has 1 aromatic rings. The number of aromatic hydroxyl groups is 1. The van der Waals surface area contributed by atoms with Crippen LogP contribution in [0.3, 0.4) is 0 Å². The molecule has 0 unspecified atom stereocenters. The van der Waals surface area contributed by atoms with Crippen molar-refractivity contribution in [3.05, 3.63) is 29.8 Å². The van der Waals surface area contributed by atoms with Crippen LogP contribution in [-0.2, 0) is 9.53 Å². The van der Waals surface area contributed by atoms with Gasteiger partial charge in [0.05, 0.1) is 12.1 Å². The summed E-state index contributed by atoms with van der Waals surface area (Å²) >= 11 is 0. The Morgan fingerprint density at radius 1 is 1.38 bits per heavy atom. The SMILES string of the molecule is CC(C)OCCCC(=O)N1CCC[C@H]1c1ccc(O)cc1. The van der Waals surface area contributed by atoms with Gasteiger partial charge in [0.25, 0.3) is 0 Å². The first-order valence-electron chi connectivity index (χ1n) is 7.78. The average Bonchev–Trinajstić information content (AvgIpc) is 2.93. The normalized spacial score (nSPS) is 18.4. The highest BCUT2D eigenvalue weighted by Crippen LogP contribution is 2.33. The van der Waals surface area contributed by atoms with Crippen molar-refractivity contribution in [3.8, 4) is 5.75 Å². The second-order valence-electron chi connectivity index (χ2n) is 5.86. The van der Waals surface area contributed by atoms with E-state index in [0.29, 0.717) is 13.0 Å². The van der Waals surface area contributed by atoms with Crippen molar-refractivity contribution in [1.82, 2.24) is 4.90 Å². The van der Waals surface area contributed by atoms with Gasteiger partial charge >= 0.3 is 0 Å². The quantitative estimate of drug-likeness (QED) is 0.818. The summed E-state index contributed by atoms with van der Waals surface area (Å²) in [5.41, 5.74) is 1.11. The highest BCUT2D eigenvalue weighted by Gasteiger charge is 2.29. The molecule has 0 aromatic heterocycles. The van der Waals surface area contributed by atoms with E-state index in [4.69, 9.17) is 4.74 Å². The minimum atomic E-state index is 0.157. The van der Waals surface area contributed by atoms with E-state index >= 15 is 0 Å². The highest BCUT2D eigenvalue weighted by molar-refractivity contribution is 5.77. The maximum Gasteiger partial charge on any atom is 0.223 e. The van der Waals surface area contributed by atoms with Gasteiger partial charge in [0, 0.05) is 19.6 Å². The zero-order chi connectivity index (χ0) is 15.2. The van der Waals surface area contributed by atoms with Crippen molar-refractivity contribution >= 4 is 5.91 Å². The van der Waals surface area contributed by atoms with Crippen molar-refractivity contribution in [3.63, 3.8) is 0 Å². The summed E-state index contributed by atoms with van der Waals surface area (Å²) in [4.78, 5) is 14.3. The lowest BCUT2D eigenvalue weighted by molar-refractivity contribution is -0.132. The second kappa shape index (κ2) is 7.46. The van der Waals surface area contributed by atoms with Crippen LogP contribution in [0.1, 0.15) is 51.1 Å². The Balaban J connectivity index is 1.89. The molecule has 0 spiro atoms. The Morgan fingerprint density at radius 2 is 2.10 bits per heavy atom. The molecule has 2 rings (SSSR count). The van der Waals surface area contributed by atoms with Crippen molar-refractivity contribution < 1.29 is 14.6 Å². The van der Waals surface area contributed by atoms with Crippen LogP contribution < -0.4 is 0 Å². The first kappa shape index (κ1) is 15.8. The molecule has 1 amide bonds. The smallest absolute Gasteiger partial charge is 0.223 e. The third kappa shape index (κ3) is 4.46. The molecule has 0 aliphatic carbocycles. The van der Waals surface area contributed by atoms with Crippen LogP contribution in [0.25, 0.3) is 0 Å². The monoisotopic (exact) mass is 291 g/mol. The molecular weight excluding hydrogens is 266 g/mol. The molecule has 21 heavy (non-hydrogen) atoms. The molecule has 1 aliphatic rings. The van der Waals surface area contributed by atoms with Crippen molar-refractivity contribution in [1.29, 1.82) is 0 Å². The number of hydrogen-bond donors (Lipinski definition) is 1. The van der Waals surface area contributed by atoms with E-state index in [2.05, 4.69) is 0 Å². The number of likely N-dealkylation sites (tertiary alicyclic amines) is 1. The number of benzene rings is 1. The van der Waals surface area contributed by atoms with Gasteiger partial charge < -0.3 is 14.7 Å². The molecule has 0 radical (unpaired) electrons. The van der Waals surface area contributed by atoms with Crippen LogP contribution in [0.2, 0.25) is 0 Å². The Kier molecular flexibility index (Phi) is 5.62. The van der Waals surface area contributed by atoms with Gasteiger partial charge in [-0.3, -0.25) is 4.79 Å². The number of rotatable bonds is 6. The predicted octanol–water partition coefficient (Wildman–Crippen LogP) is 3.26. The lowest BCUT2D eigenvalue weighted by atomic mass is 10.0. The maximum atomic E-state index is 12.4. The van der Waals surface area contributed by atoms with Crippen molar-refractivity contribution in [2.75, 3.05) is 13.2 Å². The second-order valence-corrected chi connectivity index (χ2v) is 5.86. The Bertz CT molecular complexity index is 456. The highest BCUT2D eigenvalue weighted by atomic mass is 16.5. The molecule has 1 heterocycles. The van der Waals surface area contributed by atoms with Crippen LogP contribution in [0.4, 0.5) is 0 Å². The molecule has 0 saturated carbocycles. The van der Waals surface area contributed by atoms with E-state index in [-0.39, 0.29) is 23.8 Å². The summed E-state index contributed by atoms with van der Waals surface area (Å²) in [6, 6.07) is 7.35. The van der Waals surface area contributed by atoms with Gasteiger partial charge in [-0.2, -0.15) is 0 Å². The molecule has 1 aromatic carbocycles. The van der Waals surface area contributed by atoms with Crippen molar-refractivity contribution in [2.24, 2.45) is 0 Å². The number of carbonyl (C=O) groups excluding carboxylic acids is 1. The van der Waals surface area contributed by atoms with Crippen molar-refractivity contribution in [2.45, 2.75) is 51.7 Å². The molecule has 1 saturated heterocycles. The van der Waals surface area contributed by atoms with E-state index in [9.17, 15) is 9.90 Å². The number of phenolic OH excluding ortho intramolecular Hbond substituents is 1. The topological polar surface area (TPSA) is 49.8 Å². The first-order chi connectivity index (χ1) is 10.1. The van der Waals surface area contributed by atoms with Crippen LogP contribution in [-0.4, -0.2) is 35.2 Å². The minimum absolute atomic E-state index is 0.157. The number of amides is 1. The van der Waals surface area contributed by atoms with E-state index in [1.54, 1.807) is 12.1 Å². The number of hydrogen-bond acceptors (Lipinski definition) is 3. The fraction of sp³-hybridized carbons (Fsp3) is 0.588. The van der Waals surface area contributed by atoms with Crippen LogP contribution >= 0.6 is 0 Å². The molecule has 1 atom stereocenters. The van der Waals surface area contributed by atoms with E-state index in [1.165, 1.54) is 0 Å². The predicted molar refractivity (Wildman–Crippen MR) is 82.1 cm³/mol. The first-order valence-corrected chi connectivity index (χ1v) is 7.78. The van der Waals surface area contributed by atoms with Gasteiger partial charge in [-0.1, -0.05) is 12.1 Å². The number of ether oxygens (including phenoxy) is 1. The van der Waals surface area contributed by atoms with Crippen LogP contribution in [0, 0.1) is 0 Å². The molecule has 1 aliphatic heterocycles. The average molecular weight is 291 g/mol. The van der Waals surface area contributed by atoms with Gasteiger partial charge in [-0.25, -0.2) is 0 Å². The summed E-state index contributed by atoms with van der Waals surface area (Å²) in [5.74, 6) is 0.471. The van der Waals surface area contributed by atoms with Crippen LogP contribution in [0.5, 0.6) is 5.75 Å². The Morgan fingerprint density at radius 3 is 2.76 bits per heavy atom. The fourth-order valence-electron chi connectivity index (χ4n) is 2.79. The van der Waals surface area contributed by atoms with E-state index in [1.807, 2.05) is 30.9 Å². The summed E-state index contributed by atoms with van der Waals surface area (Å²) in [6.07, 6.45) is 3.58. The number of carbonyl (C=O) groups is 1. The molecule has 1 fully saturated rings.